The summed E-state index contributed by atoms with van der Waals surface area (Å²) in [5, 5.41) is 18.1. The van der Waals surface area contributed by atoms with Crippen LogP contribution in [0.1, 0.15) is 16.7 Å². The average Bonchev–Trinajstić information content (AvgIpc) is 2.14. The fourth-order valence-corrected chi connectivity index (χ4v) is 1.29. The van der Waals surface area contributed by atoms with Gasteiger partial charge in [0.15, 0.2) is 0 Å². The van der Waals surface area contributed by atoms with Gasteiger partial charge in [-0.05, 0) is 42.7 Å². The molecule has 3 heteroatoms. The average molecular weight is 193 g/mol. The number of hydrogen-bond donors (Lipinski definition) is 2. The van der Waals surface area contributed by atoms with Gasteiger partial charge in [-0.2, -0.15) is 0 Å². The second-order valence-electron chi connectivity index (χ2n) is 3.26. The Morgan fingerprint density at radius 3 is 2.36 bits per heavy atom. The number of benzene rings is 1. The van der Waals surface area contributed by atoms with Crippen LogP contribution in [-0.2, 0) is 0 Å². The van der Waals surface area contributed by atoms with Crippen LogP contribution in [-0.4, -0.2) is 29.6 Å². The molecule has 0 radical (unpaired) electrons. The minimum absolute atomic E-state index is 0.0621. The first kappa shape index (κ1) is 10.7. The van der Waals surface area contributed by atoms with Crippen molar-refractivity contribution in [2.45, 2.75) is 13.8 Å². The molecule has 0 aliphatic carbocycles. The summed E-state index contributed by atoms with van der Waals surface area (Å²) in [6, 6.07) is 3.73. The quantitative estimate of drug-likeness (QED) is 0.713. The van der Waals surface area contributed by atoms with E-state index in [9.17, 15) is 5.11 Å². The van der Waals surface area contributed by atoms with Crippen LogP contribution < -0.4 is 0 Å². The Morgan fingerprint density at radius 1 is 1.29 bits per heavy atom. The molecule has 0 aliphatic heterocycles. The highest BCUT2D eigenvalue weighted by atomic mass is 16.3. The number of nitrogens with zero attached hydrogens (tertiary/aromatic N) is 1. The minimum Gasteiger partial charge on any atom is -0.507 e. The molecule has 0 amide bonds. The molecule has 0 unspecified atom stereocenters. The Bertz CT molecular complexity index is 322. The number of aliphatic hydroxyl groups is 1. The van der Waals surface area contributed by atoms with Crippen LogP contribution in [0.15, 0.2) is 17.1 Å². The summed E-state index contributed by atoms with van der Waals surface area (Å²) in [6.07, 6.45) is 1.70. The Kier molecular flexibility index (Phi) is 3.65. The molecule has 0 bridgehead atoms. The lowest BCUT2D eigenvalue weighted by molar-refractivity contribution is 0.307. The van der Waals surface area contributed by atoms with Crippen LogP contribution in [0.4, 0.5) is 0 Å². The minimum atomic E-state index is 0.0621. The van der Waals surface area contributed by atoms with Crippen molar-refractivity contribution >= 4 is 6.21 Å². The fraction of sp³-hybridized carbons (Fsp3) is 0.364. The SMILES string of the molecule is Cc1cc(/C=N/CCO)cc(C)c1O. The zero-order valence-corrected chi connectivity index (χ0v) is 8.49. The van der Waals surface area contributed by atoms with Gasteiger partial charge in [-0.25, -0.2) is 0 Å². The Balaban J connectivity index is 2.89. The van der Waals surface area contributed by atoms with Crippen molar-refractivity contribution in [1.82, 2.24) is 0 Å². The normalized spacial score (nSPS) is 11.1. The predicted octanol–water partition coefficient (Wildman–Crippen LogP) is 1.42. The predicted molar refractivity (Wildman–Crippen MR) is 57.1 cm³/mol. The van der Waals surface area contributed by atoms with Gasteiger partial charge in [0.05, 0.1) is 13.2 Å². The zero-order valence-electron chi connectivity index (χ0n) is 8.49. The number of aromatic hydroxyl groups is 1. The van der Waals surface area contributed by atoms with E-state index in [1.54, 1.807) is 6.21 Å². The van der Waals surface area contributed by atoms with Gasteiger partial charge in [-0.1, -0.05) is 0 Å². The molecule has 0 spiro atoms. The number of hydrogen-bond acceptors (Lipinski definition) is 3. The van der Waals surface area contributed by atoms with Crippen molar-refractivity contribution in [2.24, 2.45) is 4.99 Å². The molecule has 1 aromatic rings. The first-order valence-electron chi connectivity index (χ1n) is 4.56. The molecule has 0 saturated carbocycles. The van der Waals surface area contributed by atoms with Crippen molar-refractivity contribution in [3.63, 3.8) is 0 Å². The Morgan fingerprint density at radius 2 is 1.86 bits per heavy atom. The molecule has 1 rings (SSSR count). The van der Waals surface area contributed by atoms with Gasteiger partial charge in [0.2, 0.25) is 0 Å². The first-order chi connectivity index (χ1) is 6.65. The third-order valence-electron chi connectivity index (χ3n) is 1.98. The molecular formula is C11H15NO2. The van der Waals surface area contributed by atoms with E-state index in [2.05, 4.69) is 4.99 Å². The van der Waals surface area contributed by atoms with Crippen LogP contribution >= 0.6 is 0 Å². The largest absolute Gasteiger partial charge is 0.507 e. The number of aliphatic hydroxyl groups excluding tert-OH is 1. The summed E-state index contributed by atoms with van der Waals surface area (Å²) in [6.45, 7) is 4.18. The van der Waals surface area contributed by atoms with Crippen molar-refractivity contribution in [1.29, 1.82) is 0 Å². The van der Waals surface area contributed by atoms with E-state index < -0.39 is 0 Å². The van der Waals surface area contributed by atoms with E-state index in [1.165, 1.54) is 0 Å². The molecule has 0 aromatic heterocycles. The van der Waals surface area contributed by atoms with E-state index in [0.29, 0.717) is 12.3 Å². The molecule has 0 fully saturated rings. The summed E-state index contributed by atoms with van der Waals surface area (Å²) in [5.74, 6) is 0.337. The highest BCUT2D eigenvalue weighted by Crippen LogP contribution is 2.21. The van der Waals surface area contributed by atoms with E-state index >= 15 is 0 Å². The molecule has 0 aliphatic rings. The van der Waals surface area contributed by atoms with Gasteiger partial charge in [-0.15, -0.1) is 0 Å². The smallest absolute Gasteiger partial charge is 0.121 e. The molecule has 14 heavy (non-hydrogen) atoms. The van der Waals surface area contributed by atoms with Gasteiger partial charge < -0.3 is 10.2 Å². The van der Waals surface area contributed by atoms with Crippen molar-refractivity contribution in [2.75, 3.05) is 13.2 Å². The molecular weight excluding hydrogens is 178 g/mol. The summed E-state index contributed by atoms with van der Waals surface area (Å²) < 4.78 is 0. The summed E-state index contributed by atoms with van der Waals surface area (Å²) in [4.78, 5) is 4.02. The van der Waals surface area contributed by atoms with Gasteiger partial charge in [0.1, 0.15) is 5.75 Å². The maximum Gasteiger partial charge on any atom is 0.121 e. The molecule has 76 valence electrons. The van der Waals surface area contributed by atoms with E-state index in [1.807, 2.05) is 26.0 Å². The number of rotatable bonds is 3. The molecule has 0 saturated heterocycles. The van der Waals surface area contributed by atoms with E-state index in [4.69, 9.17) is 5.11 Å². The molecule has 2 N–H and O–H groups in total. The number of phenols is 1. The van der Waals surface area contributed by atoms with Crippen LogP contribution in [0.5, 0.6) is 5.75 Å². The van der Waals surface area contributed by atoms with E-state index in [-0.39, 0.29) is 6.61 Å². The van der Waals surface area contributed by atoms with Crippen LogP contribution in [0.3, 0.4) is 0 Å². The summed E-state index contributed by atoms with van der Waals surface area (Å²) in [7, 11) is 0. The van der Waals surface area contributed by atoms with Gasteiger partial charge >= 0.3 is 0 Å². The molecule has 3 nitrogen and oxygen atoms in total. The second-order valence-corrected chi connectivity index (χ2v) is 3.26. The van der Waals surface area contributed by atoms with Crippen LogP contribution in [0, 0.1) is 13.8 Å². The Hall–Kier alpha value is -1.35. The maximum absolute atomic E-state index is 9.52. The first-order valence-corrected chi connectivity index (χ1v) is 4.56. The Labute approximate surface area is 83.7 Å². The standard InChI is InChI=1S/C11H15NO2/c1-8-5-10(7-12-3-4-13)6-9(2)11(8)14/h5-7,13-14H,3-4H2,1-2H3/b12-7+. The van der Waals surface area contributed by atoms with E-state index in [0.717, 1.165) is 16.7 Å². The maximum atomic E-state index is 9.52. The van der Waals surface area contributed by atoms with Gasteiger partial charge in [0.25, 0.3) is 0 Å². The zero-order chi connectivity index (χ0) is 10.6. The topological polar surface area (TPSA) is 52.8 Å². The lowest BCUT2D eigenvalue weighted by Gasteiger charge is -2.04. The monoisotopic (exact) mass is 193 g/mol. The van der Waals surface area contributed by atoms with Crippen molar-refractivity contribution in [3.05, 3.63) is 28.8 Å². The fourth-order valence-electron chi connectivity index (χ4n) is 1.29. The highest BCUT2D eigenvalue weighted by molar-refractivity contribution is 5.80. The third kappa shape index (κ3) is 2.57. The lowest BCUT2D eigenvalue weighted by atomic mass is 10.1. The van der Waals surface area contributed by atoms with Crippen molar-refractivity contribution < 1.29 is 10.2 Å². The molecule has 0 heterocycles. The highest BCUT2D eigenvalue weighted by Gasteiger charge is 2.01. The molecule has 1 aromatic carbocycles. The lowest BCUT2D eigenvalue weighted by Crippen LogP contribution is -1.91. The van der Waals surface area contributed by atoms with Gasteiger partial charge in [0, 0.05) is 6.21 Å². The number of aliphatic imine (C=N–C) groups is 1. The van der Waals surface area contributed by atoms with Crippen LogP contribution in [0.25, 0.3) is 0 Å². The third-order valence-corrected chi connectivity index (χ3v) is 1.98. The van der Waals surface area contributed by atoms with Crippen LogP contribution in [0.2, 0.25) is 0 Å². The number of phenolic OH excluding ortho intramolecular Hbond substituents is 1. The van der Waals surface area contributed by atoms with Gasteiger partial charge in [-0.3, -0.25) is 4.99 Å². The summed E-state index contributed by atoms with van der Waals surface area (Å²) in [5.41, 5.74) is 2.64. The molecule has 0 atom stereocenters. The summed E-state index contributed by atoms with van der Waals surface area (Å²) >= 11 is 0. The van der Waals surface area contributed by atoms with Crippen molar-refractivity contribution in [3.8, 4) is 5.75 Å². The number of aryl methyl sites for hydroxylation is 2. The second kappa shape index (κ2) is 4.77.